The predicted molar refractivity (Wildman–Crippen MR) is 97.5 cm³/mol. The molecule has 138 valence electrons. The highest BCUT2D eigenvalue weighted by molar-refractivity contribution is 7.15. The molecule has 1 unspecified atom stereocenters. The highest BCUT2D eigenvalue weighted by Gasteiger charge is 2.30. The molecule has 1 saturated heterocycles. The van der Waals surface area contributed by atoms with Crippen LogP contribution in [-0.2, 0) is 4.74 Å². The molecule has 1 aliphatic carbocycles. The van der Waals surface area contributed by atoms with E-state index in [2.05, 4.69) is 30.7 Å². The molecule has 1 aromatic rings. The van der Waals surface area contributed by atoms with Crippen LogP contribution in [0.1, 0.15) is 55.6 Å². The van der Waals surface area contributed by atoms with Crippen molar-refractivity contribution in [2.24, 2.45) is 5.92 Å². The molecule has 0 bridgehead atoms. The van der Waals surface area contributed by atoms with Crippen LogP contribution in [0.15, 0.2) is 18.7 Å². The molecular formula is C18H27N3O3S. The van der Waals surface area contributed by atoms with Crippen molar-refractivity contribution in [2.45, 2.75) is 58.3 Å². The largest absolute Gasteiger partial charge is 0.438 e. The number of hydrogen-bond donors (Lipinski definition) is 1. The molecular weight excluding hydrogens is 338 g/mol. The smallest absolute Gasteiger partial charge is 0.277 e. The van der Waals surface area contributed by atoms with Gasteiger partial charge in [-0.2, -0.15) is 0 Å². The Kier molecular flexibility index (Phi) is 5.83. The number of carbonyl (C=O) groups excluding carboxylic acids is 1. The van der Waals surface area contributed by atoms with Crippen LogP contribution in [0.25, 0.3) is 0 Å². The van der Waals surface area contributed by atoms with Gasteiger partial charge in [0, 0.05) is 12.6 Å². The van der Waals surface area contributed by atoms with Crippen molar-refractivity contribution in [1.82, 2.24) is 15.2 Å². The molecule has 2 aliphatic rings. The summed E-state index contributed by atoms with van der Waals surface area (Å²) in [5.41, 5.74) is 0. The van der Waals surface area contributed by atoms with Gasteiger partial charge in [-0.3, -0.25) is 4.79 Å². The second-order valence-corrected chi connectivity index (χ2v) is 7.98. The van der Waals surface area contributed by atoms with E-state index in [1.54, 1.807) is 6.20 Å². The summed E-state index contributed by atoms with van der Waals surface area (Å²) >= 11 is 1.25. The van der Waals surface area contributed by atoms with E-state index in [1.165, 1.54) is 37.0 Å². The van der Waals surface area contributed by atoms with E-state index < -0.39 is 6.29 Å². The minimum Gasteiger partial charge on any atom is -0.438 e. The number of thiazole rings is 1. The van der Waals surface area contributed by atoms with Gasteiger partial charge in [-0.05, 0) is 32.8 Å². The number of carbonyl (C=O) groups is 1. The van der Waals surface area contributed by atoms with E-state index in [4.69, 9.17) is 9.47 Å². The molecule has 7 heteroatoms. The second kappa shape index (κ2) is 8.08. The Morgan fingerprint density at radius 2 is 2.28 bits per heavy atom. The Bertz CT molecular complexity index is 610. The van der Waals surface area contributed by atoms with E-state index in [9.17, 15) is 4.79 Å². The van der Waals surface area contributed by atoms with E-state index in [-0.39, 0.29) is 5.91 Å². The van der Waals surface area contributed by atoms with Crippen LogP contribution in [-0.4, -0.2) is 41.2 Å². The SMILES string of the molecule is C=C1OC(Oc2ncc(C(=O)NCCC3CCCC3)s2)CN1C(C)C. The van der Waals surface area contributed by atoms with Crippen molar-refractivity contribution in [2.75, 3.05) is 13.1 Å². The Hall–Kier alpha value is -1.76. The molecule has 3 rings (SSSR count). The van der Waals surface area contributed by atoms with Crippen LogP contribution in [0.4, 0.5) is 0 Å². The molecule has 0 radical (unpaired) electrons. The zero-order chi connectivity index (χ0) is 17.8. The molecule has 1 aromatic heterocycles. The molecule has 1 aliphatic heterocycles. The first-order valence-corrected chi connectivity index (χ1v) is 9.87. The second-order valence-electron chi connectivity index (χ2n) is 6.99. The van der Waals surface area contributed by atoms with Gasteiger partial charge in [-0.1, -0.05) is 37.0 Å². The van der Waals surface area contributed by atoms with E-state index in [0.29, 0.717) is 28.5 Å². The van der Waals surface area contributed by atoms with Gasteiger partial charge in [0.25, 0.3) is 17.4 Å². The zero-order valence-corrected chi connectivity index (χ0v) is 15.8. The van der Waals surface area contributed by atoms with Crippen LogP contribution >= 0.6 is 11.3 Å². The van der Waals surface area contributed by atoms with E-state index in [0.717, 1.165) is 18.9 Å². The number of hydrogen-bond acceptors (Lipinski definition) is 6. The number of aromatic nitrogens is 1. The zero-order valence-electron chi connectivity index (χ0n) is 15.0. The first-order chi connectivity index (χ1) is 12.0. The van der Waals surface area contributed by atoms with Gasteiger partial charge < -0.3 is 19.7 Å². The summed E-state index contributed by atoms with van der Waals surface area (Å²) in [6.07, 6.45) is 7.46. The molecule has 0 aromatic carbocycles. The standard InChI is InChI=1S/C18H27N3O3S/c1-12(2)21-11-16(23-13(21)3)24-18-20-10-15(25-18)17(22)19-9-8-14-6-4-5-7-14/h10,12,14,16H,3-9,11H2,1-2H3,(H,19,22). The third-order valence-corrected chi connectivity index (χ3v) is 5.70. The molecule has 1 atom stereocenters. The lowest BCUT2D eigenvalue weighted by Gasteiger charge is -2.19. The summed E-state index contributed by atoms with van der Waals surface area (Å²) in [5, 5.41) is 3.43. The minimum absolute atomic E-state index is 0.0779. The molecule has 2 fully saturated rings. The number of nitrogens with zero attached hydrogens (tertiary/aromatic N) is 2. The molecule has 0 spiro atoms. The quantitative estimate of drug-likeness (QED) is 0.803. The van der Waals surface area contributed by atoms with Crippen LogP contribution in [0.3, 0.4) is 0 Å². The van der Waals surface area contributed by atoms with E-state index in [1.807, 2.05) is 4.90 Å². The van der Waals surface area contributed by atoms with Crippen molar-refractivity contribution >= 4 is 17.2 Å². The van der Waals surface area contributed by atoms with Crippen molar-refractivity contribution in [3.05, 3.63) is 23.5 Å². The van der Waals surface area contributed by atoms with Gasteiger partial charge in [-0.25, -0.2) is 4.98 Å². The topological polar surface area (TPSA) is 63.7 Å². The molecule has 2 heterocycles. The van der Waals surface area contributed by atoms with Gasteiger partial charge in [0.1, 0.15) is 4.88 Å². The average Bonchev–Trinajstić information content (AvgIpc) is 3.29. The van der Waals surface area contributed by atoms with E-state index >= 15 is 0 Å². The fourth-order valence-corrected chi connectivity index (χ4v) is 4.10. The van der Waals surface area contributed by atoms with Crippen molar-refractivity contribution in [1.29, 1.82) is 0 Å². The van der Waals surface area contributed by atoms with Crippen LogP contribution in [0.5, 0.6) is 5.19 Å². The van der Waals surface area contributed by atoms with Crippen LogP contribution in [0, 0.1) is 5.92 Å². The van der Waals surface area contributed by atoms with Crippen LogP contribution in [0.2, 0.25) is 0 Å². The van der Waals surface area contributed by atoms with Gasteiger partial charge in [0.2, 0.25) is 0 Å². The fraction of sp³-hybridized carbons (Fsp3) is 0.667. The Balaban J connectivity index is 1.45. The number of ether oxygens (including phenoxy) is 2. The number of rotatable bonds is 7. The Morgan fingerprint density at radius 3 is 2.96 bits per heavy atom. The predicted octanol–water partition coefficient (Wildman–Crippen LogP) is 3.37. The van der Waals surface area contributed by atoms with Crippen molar-refractivity contribution in [3.63, 3.8) is 0 Å². The molecule has 1 amide bonds. The maximum Gasteiger partial charge on any atom is 0.277 e. The normalized spacial score (nSPS) is 21.0. The molecule has 6 nitrogen and oxygen atoms in total. The summed E-state index contributed by atoms with van der Waals surface area (Å²) in [6.45, 7) is 9.39. The monoisotopic (exact) mass is 365 g/mol. The van der Waals surface area contributed by atoms with Gasteiger partial charge in [0.15, 0.2) is 5.88 Å². The molecule has 25 heavy (non-hydrogen) atoms. The van der Waals surface area contributed by atoms with Crippen molar-refractivity contribution in [3.8, 4) is 5.19 Å². The average molecular weight is 365 g/mol. The first kappa shape index (κ1) is 18.0. The Labute approximate surface area is 153 Å². The fourth-order valence-electron chi connectivity index (χ4n) is 3.39. The lowest BCUT2D eigenvalue weighted by molar-refractivity contribution is -0.00478. The third-order valence-electron chi connectivity index (χ3n) is 4.81. The third kappa shape index (κ3) is 4.66. The molecule has 1 N–H and O–H groups in total. The summed E-state index contributed by atoms with van der Waals surface area (Å²) in [4.78, 5) is 19.0. The van der Waals surface area contributed by atoms with Gasteiger partial charge in [0.05, 0.1) is 12.7 Å². The summed E-state index contributed by atoms with van der Waals surface area (Å²) in [5.74, 6) is 1.31. The minimum atomic E-state index is -0.431. The number of nitrogens with one attached hydrogen (secondary N) is 1. The number of amides is 1. The lowest BCUT2D eigenvalue weighted by Crippen LogP contribution is -2.29. The lowest BCUT2D eigenvalue weighted by atomic mass is 10.0. The molecule has 1 saturated carbocycles. The van der Waals surface area contributed by atoms with Gasteiger partial charge >= 0.3 is 0 Å². The highest BCUT2D eigenvalue weighted by atomic mass is 32.1. The Morgan fingerprint density at radius 1 is 1.52 bits per heavy atom. The first-order valence-electron chi connectivity index (χ1n) is 9.06. The maximum absolute atomic E-state index is 12.2. The maximum atomic E-state index is 12.2. The summed E-state index contributed by atoms with van der Waals surface area (Å²) in [6, 6.07) is 0.304. The van der Waals surface area contributed by atoms with Crippen LogP contribution < -0.4 is 10.1 Å². The van der Waals surface area contributed by atoms with Crippen molar-refractivity contribution < 1.29 is 14.3 Å². The highest BCUT2D eigenvalue weighted by Crippen LogP contribution is 2.28. The van der Waals surface area contributed by atoms with Gasteiger partial charge in [-0.15, -0.1) is 0 Å². The summed E-state index contributed by atoms with van der Waals surface area (Å²) in [7, 11) is 0. The summed E-state index contributed by atoms with van der Waals surface area (Å²) < 4.78 is 11.4.